The van der Waals surface area contributed by atoms with Crippen molar-refractivity contribution >= 4 is 62.1 Å². The molecule has 0 aliphatic carbocycles. The van der Waals surface area contributed by atoms with E-state index in [4.69, 9.17) is 10.8 Å². The number of ketones is 1. The Kier molecular flexibility index (Phi) is 7.43. The van der Waals surface area contributed by atoms with Crippen molar-refractivity contribution in [2.75, 3.05) is 5.75 Å². The van der Waals surface area contributed by atoms with Crippen LogP contribution in [0.3, 0.4) is 0 Å². The van der Waals surface area contributed by atoms with Crippen molar-refractivity contribution in [3.63, 3.8) is 0 Å². The summed E-state index contributed by atoms with van der Waals surface area (Å²) in [6.45, 7) is 0. The van der Waals surface area contributed by atoms with Crippen LogP contribution in [0.1, 0.15) is 0 Å². The van der Waals surface area contributed by atoms with Crippen LogP contribution in [0.25, 0.3) is 0 Å². The highest BCUT2D eigenvalue weighted by atomic mass is 79.9. The number of carboxylic acids is 1. The maximum absolute atomic E-state index is 10.7. The van der Waals surface area contributed by atoms with Gasteiger partial charge in [-0.3, -0.25) is 14.4 Å². The number of thiol groups is 1. The van der Waals surface area contributed by atoms with Crippen LogP contribution < -0.4 is 5.73 Å². The summed E-state index contributed by atoms with van der Waals surface area (Å²) in [5.74, 6) is -2.35. The third kappa shape index (κ3) is 5.52. The Labute approximate surface area is 118 Å². The SMILES string of the molecule is NC(CS)C(=O)O.O=C1N=NC(Br)=C(Br)C1=O. The first kappa shape index (κ1) is 16.4. The minimum atomic E-state index is -1.00. The smallest absolute Gasteiger partial charge is 0.337 e. The highest BCUT2D eigenvalue weighted by molar-refractivity contribution is 9.14. The van der Waals surface area contributed by atoms with Gasteiger partial charge in [0.05, 0.1) is 0 Å². The fourth-order valence-electron chi connectivity index (χ4n) is 0.444. The van der Waals surface area contributed by atoms with Gasteiger partial charge < -0.3 is 10.8 Å². The Morgan fingerprint density at radius 1 is 1.41 bits per heavy atom. The number of nitrogens with zero attached hydrogens (tertiary/aromatic N) is 2. The number of Topliss-reactive ketones (excluding diaryl/α,β-unsaturated/α-hetero) is 1. The van der Waals surface area contributed by atoms with Crippen LogP contribution in [0.5, 0.6) is 0 Å². The summed E-state index contributed by atoms with van der Waals surface area (Å²) in [5.41, 5.74) is 4.94. The zero-order valence-electron chi connectivity index (χ0n) is 8.13. The number of hydrogen-bond donors (Lipinski definition) is 3. The number of hydrogen-bond acceptors (Lipinski definition) is 6. The van der Waals surface area contributed by atoms with Crippen molar-refractivity contribution in [2.24, 2.45) is 16.0 Å². The molecule has 7 nitrogen and oxygen atoms in total. The molecule has 1 aliphatic heterocycles. The summed E-state index contributed by atoms with van der Waals surface area (Å²) >= 11 is 9.44. The number of halogens is 2. The van der Waals surface area contributed by atoms with E-state index in [2.05, 4.69) is 54.7 Å². The lowest BCUT2D eigenvalue weighted by Crippen LogP contribution is -2.31. The zero-order valence-corrected chi connectivity index (χ0v) is 12.2. The Balaban J connectivity index is 0.000000325. The first-order valence-electron chi connectivity index (χ1n) is 3.96. The molecule has 0 radical (unpaired) electrons. The van der Waals surface area contributed by atoms with Gasteiger partial charge in [-0.05, 0) is 31.9 Å². The molecule has 3 N–H and O–H groups in total. The normalized spacial score (nSPS) is 16.5. The van der Waals surface area contributed by atoms with Crippen molar-refractivity contribution in [1.82, 2.24) is 0 Å². The molecule has 0 fully saturated rings. The molecule has 10 heteroatoms. The number of carbonyl (C=O) groups excluding carboxylic acids is 2. The van der Waals surface area contributed by atoms with Crippen LogP contribution in [0, 0.1) is 0 Å². The second-order valence-electron chi connectivity index (χ2n) is 2.57. The van der Waals surface area contributed by atoms with E-state index < -0.39 is 23.7 Å². The van der Waals surface area contributed by atoms with Gasteiger partial charge in [-0.2, -0.15) is 12.6 Å². The third-order valence-electron chi connectivity index (χ3n) is 1.32. The van der Waals surface area contributed by atoms with Gasteiger partial charge in [0.15, 0.2) is 0 Å². The molecule has 1 amide bonds. The van der Waals surface area contributed by atoms with E-state index in [1.54, 1.807) is 0 Å². The van der Waals surface area contributed by atoms with Gasteiger partial charge in [-0.25, -0.2) is 0 Å². The molecule has 1 atom stereocenters. The number of carboxylic acid groups (broad SMARTS) is 1. The van der Waals surface area contributed by atoms with E-state index in [0.717, 1.165) is 0 Å². The van der Waals surface area contributed by atoms with Crippen LogP contribution in [-0.2, 0) is 14.4 Å². The van der Waals surface area contributed by atoms with E-state index in [-0.39, 0.29) is 14.8 Å². The van der Waals surface area contributed by atoms with E-state index in [1.807, 2.05) is 0 Å². The summed E-state index contributed by atoms with van der Waals surface area (Å²) in [7, 11) is 0. The largest absolute Gasteiger partial charge is 0.480 e. The molecule has 1 aliphatic rings. The number of carbonyl (C=O) groups is 3. The van der Waals surface area contributed by atoms with Crippen molar-refractivity contribution in [2.45, 2.75) is 6.04 Å². The van der Waals surface area contributed by atoms with Crippen LogP contribution in [0.15, 0.2) is 19.3 Å². The highest BCUT2D eigenvalue weighted by Crippen LogP contribution is 2.24. The molecule has 0 saturated heterocycles. The summed E-state index contributed by atoms with van der Waals surface area (Å²) in [6.07, 6.45) is 0. The quantitative estimate of drug-likeness (QED) is 0.367. The Bertz CT molecular complexity index is 410. The molecule has 0 aromatic rings. The summed E-state index contributed by atoms with van der Waals surface area (Å²) < 4.78 is 0.365. The average Bonchev–Trinajstić information content (AvgIpc) is 2.31. The second-order valence-corrected chi connectivity index (χ2v) is 4.48. The van der Waals surface area contributed by atoms with Crippen molar-refractivity contribution < 1.29 is 19.5 Å². The molecule has 0 aromatic heterocycles. The van der Waals surface area contributed by atoms with E-state index in [1.165, 1.54) is 0 Å². The van der Waals surface area contributed by atoms with Gasteiger partial charge >= 0.3 is 11.9 Å². The van der Waals surface area contributed by atoms with Crippen molar-refractivity contribution in [1.29, 1.82) is 0 Å². The molecular weight excluding hydrogens is 382 g/mol. The molecule has 0 bridgehead atoms. The molecule has 1 heterocycles. The van der Waals surface area contributed by atoms with E-state index in [0.29, 0.717) is 0 Å². The molecule has 1 unspecified atom stereocenters. The van der Waals surface area contributed by atoms with Gasteiger partial charge in [-0.1, -0.05) is 0 Å². The summed E-state index contributed by atoms with van der Waals surface area (Å²) in [6, 6.07) is -0.816. The summed E-state index contributed by atoms with van der Waals surface area (Å²) in [4.78, 5) is 30.9. The first-order chi connectivity index (χ1) is 7.81. The number of rotatable bonds is 2. The molecule has 17 heavy (non-hydrogen) atoms. The van der Waals surface area contributed by atoms with Crippen LogP contribution in [0.4, 0.5) is 0 Å². The monoisotopic (exact) mass is 387 g/mol. The second kappa shape index (κ2) is 7.69. The molecule has 0 spiro atoms. The lowest BCUT2D eigenvalue weighted by atomic mass is 10.3. The average molecular weight is 389 g/mol. The minimum absolute atomic E-state index is 0.118. The van der Waals surface area contributed by atoms with Crippen molar-refractivity contribution in [3.8, 4) is 0 Å². The highest BCUT2D eigenvalue weighted by Gasteiger charge is 2.23. The Morgan fingerprint density at radius 2 is 1.94 bits per heavy atom. The fourth-order valence-corrected chi connectivity index (χ4v) is 1.11. The lowest BCUT2D eigenvalue weighted by molar-refractivity contribution is -0.137. The third-order valence-corrected chi connectivity index (χ3v) is 3.53. The molecule has 94 valence electrons. The summed E-state index contributed by atoms with van der Waals surface area (Å²) in [5, 5.41) is 14.4. The lowest BCUT2D eigenvalue weighted by Gasteiger charge is -1.98. The van der Waals surface area contributed by atoms with E-state index in [9.17, 15) is 14.4 Å². The van der Waals surface area contributed by atoms with Crippen LogP contribution in [0.2, 0.25) is 0 Å². The first-order valence-corrected chi connectivity index (χ1v) is 6.18. The van der Waals surface area contributed by atoms with Crippen molar-refractivity contribution in [3.05, 3.63) is 9.09 Å². The maximum Gasteiger partial charge on any atom is 0.337 e. The van der Waals surface area contributed by atoms with Gasteiger partial charge in [0, 0.05) is 5.75 Å². The van der Waals surface area contributed by atoms with Crippen LogP contribution in [-0.4, -0.2) is 34.6 Å². The standard InChI is InChI=1S/C4Br2N2O2.C3H7NO2S/c5-1-2(9)4(10)8-7-3(1)6;4-2(1-7)3(5)6/h;2,7H,1,4H2,(H,5,6). The van der Waals surface area contributed by atoms with E-state index >= 15 is 0 Å². The Morgan fingerprint density at radius 3 is 2.24 bits per heavy atom. The molecule has 1 rings (SSSR count). The number of nitrogens with two attached hydrogens (primary N) is 1. The maximum atomic E-state index is 10.7. The predicted octanol–water partition coefficient (Wildman–Crippen LogP) is 0.835. The molecular formula is C7H7Br2N3O4S. The molecule has 0 saturated carbocycles. The number of amides is 1. The van der Waals surface area contributed by atoms with Gasteiger partial charge in [0.25, 0.3) is 5.78 Å². The van der Waals surface area contributed by atoms with Gasteiger partial charge in [0.2, 0.25) is 0 Å². The number of aliphatic carboxylic acids is 1. The fraction of sp³-hybridized carbons (Fsp3) is 0.286. The Hall–Kier alpha value is -0.580. The zero-order chi connectivity index (χ0) is 13.6. The topological polar surface area (TPSA) is 122 Å². The van der Waals surface area contributed by atoms with Gasteiger partial charge in [0.1, 0.15) is 15.1 Å². The predicted molar refractivity (Wildman–Crippen MR) is 69.2 cm³/mol. The number of azo groups is 1. The molecule has 0 aromatic carbocycles. The van der Waals surface area contributed by atoms with Gasteiger partial charge in [-0.15, -0.1) is 10.2 Å². The minimum Gasteiger partial charge on any atom is -0.480 e. The van der Waals surface area contributed by atoms with Crippen LogP contribution >= 0.6 is 44.5 Å².